The first-order chi connectivity index (χ1) is 10.5. The van der Waals surface area contributed by atoms with Crippen molar-refractivity contribution in [3.05, 3.63) is 35.0 Å². The van der Waals surface area contributed by atoms with Gasteiger partial charge < -0.3 is 19.8 Å². The van der Waals surface area contributed by atoms with Crippen LogP contribution in [0, 0.1) is 5.21 Å². The van der Waals surface area contributed by atoms with E-state index in [1.54, 1.807) is 7.11 Å². The first kappa shape index (κ1) is 16.3. The van der Waals surface area contributed by atoms with Crippen molar-refractivity contribution in [2.24, 2.45) is 0 Å². The predicted molar refractivity (Wildman–Crippen MR) is 81.1 cm³/mol. The second-order valence-corrected chi connectivity index (χ2v) is 5.35. The van der Waals surface area contributed by atoms with Gasteiger partial charge in [-0.05, 0) is 17.7 Å². The second kappa shape index (κ2) is 7.26. The Kier molecular flexibility index (Phi) is 5.38. The molecule has 0 saturated carbocycles. The fourth-order valence-corrected chi connectivity index (χ4v) is 2.67. The summed E-state index contributed by atoms with van der Waals surface area (Å²) in [4.78, 5) is 11.2. The number of aliphatic hydroxyl groups is 1. The van der Waals surface area contributed by atoms with Crippen LogP contribution in [0.3, 0.4) is 0 Å². The third-order valence-electron chi connectivity index (χ3n) is 4.01. The maximum Gasteiger partial charge on any atom is 0.306 e. The minimum Gasteiger partial charge on any atom is -0.624 e. The van der Waals surface area contributed by atoms with Gasteiger partial charge in [-0.2, -0.15) is 0 Å². The molecule has 0 radical (unpaired) electrons. The number of benzene rings is 1. The Morgan fingerprint density at radius 2 is 2.05 bits per heavy atom. The van der Waals surface area contributed by atoms with Crippen molar-refractivity contribution in [3.63, 3.8) is 0 Å². The first-order valence-electron chi connectivity index (χ1n) is 7.23. The molecule has 0 aliphatic carbocycles. The molecular formula is C16H21NO5. The van der Waals surface area contributed by atoms with E-state index in [0.29, 0.717) is 12.1 Å². The Hall–Kier alpha value is -2.08. The van der Waals surface area contributed by atoms with Crippen molar-refractivity contribution in [1.29, 1.82) is 0 Å². The average molecular weight is 307 g/mol. The van der Waals surface area contributed by atoms with E-state index in [-0.39, 0.29) is 31.3 Å². The summed E-state index contributed by atoms with van der Waals surface area (Å²) in [6, 6.07) is 7.35. The lowest BCUT2D eigenvalue weighted by molar-refractivity contribution is -0.472. The number of hydrogen-bond acceptors (Lipinski definition) is 5. The van der Waals surface area contributed by atoms with Gasteiger partial charge in [-0.25, -0.2) is 4.74 Å². The number of carbonyl (C=O) groups is 1. The molecule has 2 atom stereocenters. The van der Waals surface area contributed by atoms with Gasteiger partial charge in [0.1, 0.15) is 5.75 Å². The number of aliphatic hydroxyl groups excluding tert-OH is 1. The third-order valence-corrected chi connectivity index (χ3v) is 4.01. The molecule has 1 aromatic carbocycles. The van der Waals surface area contributed by atoms with Gasteiger partial charge in [-0.3, -0.25) is 4.79 Å². The van der Waals surface area contributed by atoms with Crippen molar-refractivity contribution in [2.45, 2.75) is 31.3 Å². The van der Waals surface area contributed by atoms with E-state index >= 15 is 0 Å². The molecule has 6 nitrogen and oxygen atoms in total. The molecule has 0 amide bonds. The third kappa shape index (κ3) is 3.76. The van der Waals surface area contributed by atoms with Gasteiger partial charge in [0, 0.05) is 6.42 Å². The zero-order valence-corrected chi connectivity index (χ0v) is 12.8. The van der Waals surface area contributed by atoms with Crippen LogP contribution in [-0.4, -0.2) is 48.4 Å². The lowest BCUT2D eigenvalue weighted by atomic mass is 9.87. The van der Waals surface area contributed by atoms with Crippen molar-refractivity contribution in [2.75, 3.05) is 20.8 Å². The highest BCUT2D eigenvalue weighted by Gasteiger charge is 2.33. The van der Waals surface area contributed by atoms with Crippen LogP contribution in [0.25, 0.3) is 0 Å². The smallest absolute Gasteiger partial charge is 0.306 e. The minimum absolute atomic E-state index is 0.157. The Labute approximate surface area is 129 Å². The maximum atomic E-state index is 12.1. The molecular weight excluding hydrogens is 286 g/mol. The van der Waals surface area contributed by atoms with Gasteiger partial charge >= 0.3 is 5.97 Å². The zero-order chi connectivity index (χ0) is 16.1. The zero-order valence-electron chi connectivity index (χ0n) is 12.8. The van der Waals surface area contributed by atoms with E-state index < -0.39 is 6.10 Å². The first-order valence-corrected chi connectivity index (χ1v) is 7.23. The van der Waals surface area contributed by atoms with Gasteiger partial charge in [0.15, 0.2) is 12.3 Å². The van der Waals surface area contributed by atoms with Crippen LogP contribution in [0.5, 0.6) is 5.75 Å². The van der Waals surface area contributed by atoms with Crippen LogP contribution in [0.2, 0.25) is 0 Å². The molecule has 120 valence electrons. The summed E-state index contributed by atoms with van der Waals surface area (Å²) >= 11 is 0. The van der Waals surface area contributed by atoms with Gasteiger partial charge in [-0.1, -0.05) is 12.1 Å². The average Bonchev–Trinajstić information content (AvgIpc) is 2.55. The van der Waals surface area contributed by atoms with Crippen LogP contribution < -0.4 is 4.74 Å². The Morgan fingerprint density at radius 1 is 1.36 bits per heavy atom. The normalized spacial score (nSPS) is 21.6. The number of nitrogens with zero attached hydrogens (tertiary/aromatic N) is 1. The number of hydroxylamine groups is 1. The molecule has 0 aromatic heterocycles. The molecule has 0 unspecified atom stereocenters. The highest BCUT2D eigenvalue weighted by atomic mass is 16.5. The molecule has 0 spiro atoms. The number of hydrogen-bond donors (Lipinski definition) is 1. The van der Waals surface area contributed by atoms with E-state index in [0.717, 1.165) is 16.1 Å². The second-order valence-electron chi connectivity index (χ2n) is 5.35. The van der Waals surface area contributed by atoms with E-state index in [2.05, 4.69) is 4.74 Å². The summed E-state index contributed by atoms with van der Waals surface area (Å²) in [6.45, 7) is 0.185. The highest BCUT2D eigenvalue weighted by molar-refractivity contribution is 5.84. The Balaban J connectivity index is 2.07. The molecule has 1 heterocycles. The van der Waals surface area contributed by atoms with Gasteiger partial charge in [0.25, 0.3) is 0 Å². The highest BCUT2D eigenvalue weighted by Crippen LogP contribution is 2.28. The van der Waals surface area contributed by atoms with Crippen molar-refractivity contribution >= 4 is 11.7 Å². The quantitative estimate of drug-likeness (QED) is 0.506. The standard InChI is InChI=1S/C16H21NO5/c1-21-13-6-3-11(4-7-13)14-10-17(20)12(9-15(14)18)5-8-16(19)22-2/h3-4,6-7,14-15,18H,5,8-10H2,1-2H3/t14-,15-/m0/s1. The van der Waals surface area contributed by atoms with Crippen LogP contribution >= 0.6 is 0 Å². The Bertz CT molecular complexity index is 552. The Morgan fingerprint density at radius 3 is 2.64 bits per heavy atom. The largest absolute Gasteiger partial charge is 0.624 e. The maximum absolute atomic E-state index is 12.1. The van der Waals surface area contributed by atoms with Crippen molar-refractivity contribution in [3.8, 4) is 5.75 Å². The number of esters is 1. The van der Waals surface area contributed by atoms with Crippen LogP contribution in [-0.2, 0) is 9.53 Å². The fourth-order valence-electron chi connectivity index (χ4n) is 2.67. The molecule has 0 saturated heterocycles. The van der Waals surface area contributed by atoms with Crippen molar-refractivity contribution in [1.82, 2.24) is 0 Å². The van der Waals surface area contributed by atoms with Gasteiger partial charge in [0.05, 0.1) is 39.1 Å². The van der Waals surface area contributed by atoms with E-state index in [1.807, 2.05) is 24.3 Å². The van der Waals surface area contributed by atoms with Crippen LogP contribution in [0.4, 0.5) is 0 Å². The summed E-state index contributed by atoms with van der Waals surface area (Å²) in [7, 11) is 2.91. The molecule has 1 N–H and O–H groups in total. The minimum atomic E-state index is -0.633. The summed E-state index contributed by atoms with van der Waals surface area (Å²) in [5.41, 5.74) is 1.45. The molecule has 1 aliphatic rings. The molecule has 6 heteroatoms. The SMILES string of the molecule is COC(=O)CCC1=[N+]([O-])C[C@@H](c2ccc(OC)cc2)[C@@H](O)C1. The van der Waals surface area contributed by atoms with Crippen LogP contribution in [0.15, 0.2) is 24.3 Å². The monoisotopic (exact) mass is 307 g/mol. The van der Waals surface area contributed by atoms with E-state index in [9.17, 15) is 15.1 Å². The molecule has 0 bridgehead atoms. The summed E-state index contributed by atoms with van der Waals surface area (Å²) in [5.74, 6) is 0.135. The molecule has 1 aliphatic heterocycles. The van der Waals surface area contributed by atoms with E-state index in [1.165, 1.54) is 7.11 Å². The number of ether oxygens (including phenoxy) is 2. The molecule has 22 heavy (non-hydrogen) atoms. The number of carbonyl (C=O) groups excluding carboxylic acids is 1. The van der Waals surface area contributed by atoms with Crippen molar-refractivity contribution < 1.29 is 24.1 Å². The number of rotatable bonds is 5. The summed E-state index contributed by atoms with van der Waals surface area (Å²) in [6.07, 6.45) is 0.121. The molecule has 2 rings (SSSR count). The lowest BCUT2D eigenvalue weighted by Gasteiger charge is -2.28. The topological polar surface area (TPSA) is 81.8 Å². The van der Waals surface area contributed by atoms with Crippen LogP contribution in [0.1, 0.15) is 30.7 Å². The molecule has 1 aromatic rings. The fraction of sp³-hybridized carbons (Fsp3) is 0.500. The van der Waals surface area contributed by atoms with Gasteiger partial charge in [0.2, 0.25) is 0 Å². The predicted octanol–water partition coefficient (Wildman–Crippen LogP) is 1.45. The lowest BCUT2D eigenvalue weighted by Crippen LogP contribution is -2.37. The van der Waals surface area contributed by atoms with E-state index in [4.69, 9.17) is 4.74 Å². The summed E-state index contributed by atoms with van der Waals surface area (Å²) in [5, 5.41) is 22.5. The summed E-state index contributed by atoms with van der Waals surface area (Å²) < 4.78 is 10.6. The van der Waals surface area contributed by atoms with Gasteiger partial charge in [-0.15, -0.1) is 0 Å². The molecule has 0 fully saturated rings. The number of methoxy groups -OCH3 is 2.